The van der Waals surface area contributed by atoms with Crippen LogP contribution in [0.15, 0.2) is 60.7 Å². The Labute approximate surface area is 295 Å². The van der Waals surface area contributed by atoms with Gasteiger partial charge in [-0.15, -0.1) is 0 Å². The summed E-state index contributed by atoms with van der Waals surface area (Å²) in [5, 5.41) is 11.2. The van der Waals surface area contributed by atoms with Gasteiger partial charge in [-0.2, -0.15) is 0 Å². The van der Waals surface area contributed by atoms with Crippen LogP contribution in [0.1, 0.15) is 63.5 Å². The van der Waals surface area contributed by atoms with Crippen LogP contribution in [0, 0.1) is 11.8 Å². The predicted octanol–water partition coefficient (Wildman–Crippen LogP) is 1.34. The number of urea groups is 1. The summed E-state index contributed by atoms with van der Waals surface area (Å²) in [7, 11) is 1.54. The van der Waals surface area contributed by atoms with Gasteiger partial charge in [-0.05, 0) is 62.1 Å². The van der Waals surface area contributed by atoms with E-state index in [0.717, 1.165) is 11.1 Å². The number of nitrogens with two attached hydrogens (primary N) is 3. The molecule has 0 radical (unpaired) electrons. The highest BCUT2D eigenvalue weighted by atomic mass is 16.2. The van der Waals surface area contributed by atoms with E-state index in [9.17, 15) is 24.0 Å². The predicted molar refractivity (Wildman–Crippen MR) is 193 cm³/mol. The highest BCUT2D eigenvalue weighted by Gasteiger charge is 2.51. The van der Waals surface area contributed by atoms with Crippen molar-refractivity contribution in [1.29, 1.82) is 0 Å². The summed E-state index contributed by atoms with van der Waals surface area (Å²) < 4.78 is 0. The molecule has 6 amide bonds. The fraction of sp³-hybridized carbons (Fsp3) is 0.541. The summed E-state index contributed by atoms with van der Waals surface area (Å²) in [6, 6.07) is 16.1. The van der Waals surface area contributed by atoms with Crippen LogP contribution in [0.4, 0.5) is 4.79 Å². The minimum Gasteiger partial charge on any atom is -0.368 e. The van der Waals surface area contributed by atoms with Gasteiger partial charge in [-0.1, -0.05) is 80.9 Å². The van der Waals surface area contributed by atoms with E-state index in [2.05, 4.69) is 21.3 Å². The fourth-order valence-electron chi connectivity index (χ4n) is 6.66. The first kappa shape index (κ1) is 39.9. The van der Waals surface area contributed by atoms with Gasteiger partial charge in [0, 0.05) is 32.6 Å². The van der Waals surface area contributed by atoms with E-state index in [0.29, 0.717) is 45.3 Å². The molecular weight excluding hydrogens is 636 g/mol. The Morgan fingerprint density at radius 3 is 1.98 bits per heavy atom. The molecule has 1 fully saturated rings. The van der Waals surface area contributed by atoms with Gasteiger partial charge in [0.1, 0.15) is 11.6 Å². The van der Waals surface area contributed by atoms with E-state index in [1.807, 2.05) is 74.5 Å². The van der Waals surface area contributed by atoms with E-state index >= 15 is 0 Å². The molecule has 4 atom stereocenters. The topological polar surface area (TPSA) is 215 Å². The number of piperidine rings is 1. The molecule has 1 saturated heterocycles. The van der Waals surface area contributed by atoms with Gasteiger partial charge >= 0.3 is 6.03 Å². The third-order valence-corrected chi connectivity index (χ3v) is 9.28. The number of hydrogen-bond donors (Lipinski definition) is 7. The number of hydrogen-bond acceptors (Lipinski definition) is 7. The molecule has 1 unspecified atom stereocenters. The highest BCUT2D eigenvalue weighted by molar-refractivity contribution is 5.98. The summed E-state index contributed by atoms with van der Waals surface area (Å²) >= 11 is 0. The zero-order chi connectivity index (χ0) is 36.7. The van der Waals surface area contributed by atoms with Gasteiger partial charge in [-0.3, -0.25) is 19.2 Å². The fourth-order valence-corrected chi connectivity index (χ4v) is 6.66. The molecule has 0 aliphatic carbocycles. The average molecular weight is 693 g/mol. The molecule has 13 heteroatoms. The second-order valence-corrected chi connectivity index (χ2v) is 13.6. The Kier molecular flexibility index (Phi) is 15.7. The van der Waals surface area contributed by atoms with Gasteiger partial charge in [0.2, 0.25) is 23.6 Å². The Morgan fingerprint density at radius 1 is 0.880 bits per heavy atom. The number of carbonyl (C=O) groups is 5. The lowest BCUT2D eigenvalue weighted by Crippen LogP contribution is -2.68. The highest BCUT2D eigenvalue weighted by Crippen LogP contribution is 2.33. The Bertz CT molecular complexity index is 1400. The SMILES string of the molecule is CNC(=O)NC1CCN(C(=O)[C@H](CCCCN)C(CC(C)C)(NC(=O)[C@@H](Cc2ccccc2)NC(=O)[C@H](N)Cc2ccccc2)C(N)=O)CC1. The summed E-state index contributed by atoms with van der Waals surface area (Å²) in [5.41, 5.74) is 18.2. The minimum atomic E-state index is -1.76. The van der Waals surface area contributed by atoms with E-state index in [4.69, 9.17) is 17.2 Å². The second-order valence-electron chi connectivity index (χ2n) is 13.6. The van der Waals surface area contributed by atoms with Gasteiger partial charge in [-0.25, -0.2) is 4.79 Å². The van der Waals surface area contributed by atoms with Gasteiger partial charge in [0.25, 0.3) is 0 Å². The quantitative estimate of drug-likeness (QED) is 0.114. The number of benzene rings is 2. The summed E-state index contributed by atoms with van der Waals surface area (Å²) in [5.74, 6) is -3.42. The lowest BCUT2D eigenvalue weighted by Gasteiger charge is -2.43. The lowest BCUT2D eigenvalue weighted by atomic mass is 9.73. The Hall–Kier alpha value is -4.49. The van der Waals surface area contributed by atoms with Crippen LogP contribution in [-0.4, -0.2) is 84.9 Å². The number of nitrogens with one attached hydrogen (secondary N) is 4. The van der Waals surface area contributed by atoms with Gasteiger partial charge in [0.05, 0.1) is 12.0 Å². The number of primary amides is 1. The van der Waals surface area contributed by atoms with Crippen molar-refractivity contribution in [2.45, 2.75) is 88.9 Å². The third-order valence-electron chi connectivity index (χ3n) is 9.28. The van der Waals surface area contributed by atoms with Crippen molar-refractivity contribution in [1.82, 2.24) is 26.2 Å². The van der Waals surface area contributed by atoms with Crippen molar-refractivity contribution < 1.29 is 24.0 Å². The molecule has 3 rings (SSSR count). The van der Waals surface area contributed by atoms with Crippen molar-refractivity contribution in [2.75, 3.05) is 26.7 Å². The average Bonchev–Trinajstić information content (AvgIpc) is 3.10. The summed E-state index contributed by atoms with van der Waals surface area (Å²) in [4.78, 5) is 69.6. The molecule has 13 nitrogen and oxygen atoms in total. The van der Waals surface area contributed by atoms with Crippen LogP contribution in [0.25, 0.3) is 0 Å². The van der Waals surface area contributed by atoms with E-state index in [-0.39, 0.29) is 49.6 Å². The van der Waals surface area contributed by atoms with Gasteiger partial charge < -0.3 is 43.4 Å². The zero-order valence-corrected chi connectivity index (χ0v) is 29.7. The number of likely N-dealkylation sites (tertiary alicyclic amines) is 1. The van der Waals surface area contributed by atoms with E-state index in [1.54, 1.807) is 11.9 Å². The molecule has 0 aromatic heterocycles. The minimum absolute atomic E-state index is 0.0985. The molecule has 0 bridgehead atoms. The largest absolute Gasteiger partial charge is 0.368 e. The van der Waals surface area contributed by atoms with Crippen LogP contribution in [0.3, 0.4) is 0 Å². The first-order valence-electron chi connectivity index (χ1n) is 17.6. The normalized spacial score (nSPS) is 16.4. The Morgan fingerprint density at radius 2 is 1.46 bits per heavy atom. The van der Waals surface area contributed by atoms with Crippen LogP contribution < -0.4 is 38.5 Å². The smallest absolute Gasteiger partial charge is 0.314 e. The van der Waals surface area contributed by atoms with Crippen LogP contribution in [0.2, 0.25) is 0 Å². The molecule has 1 aliphatic heterocycles. The number of nitrogens with zero attached hydrogens (tertiary/aromatic N) is 1. The maximum absolute atomic E-state index is 14.4. The first-order valence-corrected chi connectivity index (χ1v) is 17.6. The zero-order valence-electron chi connectivity index (χ0n) is 29.7. The van der Waals surface area contributed by atoms with E-state index in [1.165, 1.54) is 0 Å². The summed E-state index contributed by atoms with van der Waals surface area (Å²) in [6.45, 7) is 4.90. The third kappa shape index (κ3) is 11.5. The van der Waals surface area contributed by atoms with Crippen molar-refractivity contribution in [3.63, 3.8) is 0 Å². The van der Waals surface area contributed by atoms with Gasteiger partial charge in [0.15, 0.2) is 0 Å². The number of rotatable bonds is 18. The molecule has 50 heavy (non-hydrogen) atoms. The van der Waals surface area contributed by atoms with Crippen molar-refractivity contribution in [2.24, 2.45) is 29.0 Å². The Balaban J connectivity index is 1.95. The molecular formula is C37H56N8O5. The lowest BCUT2D eigenvalue weighted by molar-refractivity contribution is -0.148. The van der Waals surface area contributed by atoms with Crippen LogP contribution in [-0.2, 0) is 32.0 Å². The van der Waals surface area contributed by atoms with Crippen LogP contribution in [0.5, 0.6) is 0 Å². The molecule has 0 saturated carbocycles. The van der Waals surface area contributed by atoms with Crippen molar-refractivity contribution in [3.05, 3.63) is 71.8 Å². The molecule has 0 spiro atoms. The first-order chi connectivity index (χ1) is 23.9. The molecule has 2 aromatic rings. The maximum atomic E-state index is 14.4. The number of amides is 6. The number of carbonyl (C=O) groups excluding carboxylic acids is 5. The van der Waals surface area contributed by atoms with E-state index < -0.39 is 41.3 Å². The number of unbranched alkanes of at least 4 members (excludes halogenated alkanes) is 1. The standard InChI is InChI=1S/C37H56N8O5/c1-25(2)24-37(35(40)49,29(16-10-11-19-38)34(48)45-20-17-28(18-21-45)42-36(50)41-3)44-33(47)31(23-27-14-8-5-9-15-27)43-32(46)30(39)22-26-12-6-4-7-13-26/h4-9,12-15,25,28-31H,10-11,16-24,38-39H2,1-3H3,(H2,40,49)(H,43,46)(H,44,47)(H2,41,42,50)/t29-,30+,31+,37?/m0/s1. The summed E-state index contributed by atoms with van der Waals surface area (Å²) in [6.07, 6.45) is 2.94. The van der Waals surface area contributed by atoms with Crippen molar-refractivity contribution in [3.8, 4) is 0 Å². The molecule has 1 aliphatic rings. The molecule has 1 heterocycles. The van der Waals surface area contributed by atoms with Crippen LogP contribution >= 0.6 is 0 Å². The second kappa shape index (κ2) is 19.6. The molecule has 274 valence electrons. The molecule has 2 aromatic carbocycles. The van der Waals surface area contributed by atoms with Crippen molar-refractivity contribution >= 4 is 29.7 Å². The molecule has 10 N–H and O–H groups in total. The monoisotopic (exact) mass is 692 g/mol. The maximum Gasteiger partial charge on any atom is 0.314 e.